The van der Waals surface area contributed by atoms with Gasteiger partial charge < -0.3 is 24.4 Å². The number of carbonyl (C=O) groups is 3. The molecule has 2 atom stereocenters. The summed E-state index contributed by atoms with van der Waals surface area (Å²) in [4.78, 5) is 41.4. The van der Waals surface area contributed by atoms with Crippen LogP contribution in [0.3, 0.4) is 0 Å². The Bertz CT molecular complexity index is 905. The Kier molecular flexibility index (Phi) is 45.1. The molecule has 61 heavy (non-hydrogen) atoms. The predicted molar refractivity (Wildman–Crippen MR) is 259 cm³/mol. The monoisotopic (exact) mass is 865 g/mol. The molecule has 0 aliphatic heterocycles. The van der Waals surface area contributed by atoms with Gasteiger partial charge in [-0.05, 0) is 103 Å². The van der Waals surface area contributed by atoms with Crippen molar-refractivity contribution >= 4 is 17.9 Å². The van der Waals surface area contributed by atoms with E-state index >= 15 is 0 Å². The molecule has 0 aromatic carbocycles. The number of carboxylic acid groups (broad SMARTS) is 1. The average molecular weight is 865 g/mol. The maximum atomic E-state index is 12.8. The number of carbonyl (C=O) groups excluding carboxylic acids is 2. The number of hydrogen-bond donors (Lipinski definition) is 1. The van der Waals surface area contributed by atoms with Crippen LogP contribution in [0.2, 0.25) is 0 Å². The van der Waals surface area contributed by atoms with Gasteiger partial charge in [0.1, 0.15) is 0 Å². The number of rotatable bonds is 49. The van der Waals surface area contributed by atoms with E-state index in [0.717, 1.165) is 90.5 Å². The lowest BCUT2D eigenvalue weighted by Crippen LogP contribution is -2.35. The van der Waals surface area contributed by atoms with Gasteiger partial charge in [0.2, 0.25) is 0 Å². The first kappa shape index (κ1) is 59.3. The maximum Gasteiger partial charge on any atom is 0.305 e. The molecule has 0 fully saturated rings. The minimum atomic E-state index is -0.709. The van der Waals surface area contributed by atoms with Gasteiger partial charge >= 0.3 is 17.9 Å². The smallest absolute Gasteiger partial charge is 0.305 e. The zero-order chi connectivity index (χ0) is 44.9. The Hall–Kier alpha value is -1.67. The van der Waals surface area contributed by atoms with Crippen LogP contribution in [0.5, 0.6) is 0 Å². The second-order valence-electron chi connectivity index (χ2n) is 18.9. The highest BCUT2D eigenvalue weighted by molar-refractivity contribution is 5.69. The molecule has 0 bridgehead atoms. The van der Waals surface area contributed by atoms with E-state index in [1.54, 1.807) is 0 Å². The van der Waals surface area contributed by atoms with Crippen molar-refractivity contribution in [3.8, 4) is 0 Å². The van der Waals surface area contributed by atoms with Gasteiger partial charge in [0.05, 0.1) is 13.2 Å². The quantitative estimate of drug-likeness (QED) is 0.0477. The number of esters is 2. The first-order valence-electron chi connectivity index (χ1n) is 26.7. The van der Waals surface area contributed by atoms with Crippen molar-refractivity contribution in [3.63, 3.8) is 0 Å². The van der Waals surface area contributed by atoms with Crippen molar-refractivity contribution in [3.05, 3.63) is 0 Å². The highest BCUT2D eigenvalue weighted by Gasteiger charge is 2.15. The Morgan fingerprint density at radius 1 is 0.393 bits per heavy atom. The third-order valence-electron chi connectivity index (χ3n) is 12.8. The van der Waals surface area contributed by atoms with Crippen molar-refractivity contribution in [2.45, 2.75) is 259 Å². The van der Waals surface area contributed by atoms with Gasteiger partial charge in [-0.15, -0.1) is 0 Å². The van der Waals surface area contributed by atoms with Gasteiger partial charge in [-0.1, -0.05) is 175 Å². The molecule has 0 saturated heterocycles. The lowest BCUT2D eigenvalue weighted by molar-refractivity contribution is -0.146. The molecule has 0 rings (SSSR count). The van der Waals surface area contributed by atoms with Crippen LogP contribution < -0.4 is 0 Å². The van der Waals surface area contributed by atoms with Gasteiger partial charge in [0, 0.05) is 32.4 Å². The van der Waals surface area contributed by atoms with Crippen molar-refractivity contribution in [1.82, 2.24) is 9.80 Å². The summed E-state index contributed by atoms with van der Waals surface area (Å²) in [6, 6.07) is 0. The van der Waals surface area contributed by atoms with Crippen LogP contribution in [0.25, 0.3) is 0 Å². The molecule has 362 valence electrons. The van der Waals surface area contributed by atoms with Crippen molar-refractivity contribution in [1.29, 1.82) is 0 Å². The molecular weight excluding hydrogens is 761 g/mol. The molecule has 8 heteroatoms. The van der Waals surface area contributed by atoms with Gasteiger partial charge in [-0.25, -0.2) is 0 Å². The summed E-state index contributed by atoms with van der Waals surface area (Å²) in [5.74, 6) is 0.251. The number of aliphatic carboxylic acids is 1. The van der Waals surface area contributed by atoms with Gasteiger partial charge in [0.15, 0.2) is 0 Å². The van der Waals surface area contributed by atoms with E-state index in [1.165, 1.54) is 154 Å². The number of carboxylic acids is 1. The lowest BCUT2D eigenvalue weighted by atomic mass is 9.95. The zero-order valence-corrected chi connectivity index (χ0v) is 41.4. The van der Waals surface area contributed by atoms with Crippen LogP contribution in [-0.4, -0.2) is 85.8 Å². The first-order chi connectivity index (χ1) is 29.7. The van der Waals surface area contributed by atoms with Crippen LogP contribution >= 0.6 is 0 Å². The molecule has 0 aromatic rings. The molecule has 8 nitrogen and oxygen atoms in total. The number of unbranched alkanes of at least 4 members (excludes halogenated alkanes) is 22. The molecule has 2 unspecified atom stereocenters. The molecular formula is C53H104N2O6. The second kappa shape index (κ2) is 46.3. The van der Waals surface area contributed by atoms with E-state index in [2.05, 4.69) is 44.5 Å². The highest BCUT2D eigenvalue weighted by atomic mass is 16.5. The fraction of sp³-hybridized carbons (Fsp3) is 0.943. The Labute approximate surface area is 379 Å². The summed E-state index contributed by atoms with van der Waals surface area (Å²) in [6.07, 6.45) is 40.5. The van der Waals surface area contributed by atoms with Crippen molar-refractivity contribution in [2.75, 3.05) is 53.0 Å². The SMILES string of the molecule is CCCCCCCCC(CCCCCC)COC(=O)CCCCCN(CCCCCC(=O)OCC(CCCCCC)CCCCCCCC)CCN(C)CCCCCC(=O)O. The number of nitrogens with zero attached hydrogens (tertiary/aromatic N) is 2. The molecule has 0 heterocycles. The lowest BCUT2D eigenvalue weighted by Gasteiger charge is -2.25. The van der Waals surface area contributed by atoms with E-state index in [0.29, 0.717) is 37.9 Å². The molecule has 0 saturated carbocycles. The molecule has 0 radical (unpaired) electrons. The minimum Gasteiger partial charge on any atom is -0.481 e. The van der Waals surface area contributed by atoms with Crippen LogP contribution in [-0.2, 0) is 23.9 Å². The van der Waals surface area contributed by atoms with E-state index in [4.69, 9.17) is 14.6 Å². The van der Waals surface area contributed by atoms with E-state index < -0.39 is 5.97 Å². The summed E-state index contributed by atoms with van der Waals surface area (Å²) in [5.41, 5.74) is 0. The Morgan fingerprint density at radius 2 is 0.721 bits per heavy atom. The summed E-state index contributed by atoms with van der Waals surface area (Å²) in [6.45, 7) is 15.2. The molecule has 0 aliphatic rings. The van der Waals surface area contributed by atoms with E-state index in [-0.39, 0.29) is 18.4 Å². The van der Waals surface area contributed by atoms with Crippen LogP contribution in [0.1, 0.15) is 259 Å². The maximum absolute atomic E-state index is 12.8. The largest absolute Gasteiger partial charge is 0.481 e. The van der Waals surface area contributed by atoms with Gasteiger partial charge in [-0.3, -0.25) is 14.4 Å². The first-order valence-corrected chi connectivity index (χ1v) is 26.7. The highest BCUT2D eigenvalue weighted by Crippen LogP contribution is 2.22. The molecule has 0 amide bonds. The Balaban J connectivity index is 4.78. The third-order valence-corrected chi connectivity index (χ3v) is 12.8. The van der Waals surface area contributed by atoms with Gasteiger partial charge in [0.25, 0.3) is 0 Å². The van der Waals surface area contributed by atoms with Crippen LogP contribution in [0.4, 0.5) is 0 Å². The zero-order valence-electron chi connectivity index (χ0n) is 41.4. The van der Waals surface area contributed by atoms with Crippen LogP contribution in [0.15, 0.2) is 0 Å². The fourth-order valence-corrected chi connectivity index (χ4v) is 8.49. The number of hydrogen-bond acceptors (Lipinski definition) is 7. The average Bonchev–Trinajstić information content (AvgIpc) is 3.24. The number of ether oxygens (including phenoxy) is 2. The standard InChI is InChI=1S/C53H104N2O6/c1-6-10-14-18-20-27-37-49(35-25-16-12-8-3)47-60-52(58)40-30-23-33-43-55(46-45-54(5)42-32-22-29-39-51(56)57)44-34-24-31-41-53(59)61-48-50(36-26-17-13-9-4)38-28-21-19-15-11-7-2/h49-50H,6-48H2,1-5H3,(H,56,57). The summed E-state index contributed by atoms with van der Waals surface area (Å²) in [7, 11) is 2.17. The van der Waals surface area contributed by atoms with E-state index in [1.807, 2.05) is 0 Å². The normalized spacial score (nSPS) is 12.6. The van der Waals surface area contributed by atoms with Crippen molar-refractivity contribution < 1.29 is 29.0 Å². The molecule has 0 aromatic heterocycles. The molecule has 0 aliphatic carbocycles. The molecule has 0 spiro atoms. The van der Waals surface area contributed by atoms with Crippen LogP contribution in [0, 0.1) is 11.8 Å². The topological polar surface area (TPSA) is 96.4 Å². The van der Waals surface area contributed by atoms with Gasteiger partial charge in [-0.2, -0.15) is 0 Å². The van der Waals surface area contributed by atoms with E-state index in [9.17, 15) is 14.4 Å². The predicted octanol–water partition coefficient (Wildman–Crippen LogP) is 14.7. The summed E-state index contributed by atoms with van der Waals surface area (Å²) in [5, 5.41) is 8.94. The minimum absolute atomic E-state index is 0.0258. The Morgan fingerprint density at radius 3 is 1.11 bits per heavy atom. The fourth-order valence-electron chi connectivity index (χ4n) is 8.49. The number of likely N-dealkylation sites (N-methyl/N-ethyl adjacent to an activating group) is 1. The van der Waals surface area contributed by atoms with Crippen molar-refractivity contribution in [2.24, 2.45) is 11.8 Å². The third kappa shape index (κ3) is 43.4. The summed E-state index contributed by atoms with van der Waals surface area (Å²) < 4.78 is 11.7. The second-order valence-corrected chi connectivity index (χ2v) is 18.9. The summed E-state index contributed by atoms with van der Waals surface area (Å²) >= 11 is 0. The molecule has 1 N–H and O–H groups in total.